The normalized spacial score (nSPS) is 21.8. The zero-order valence-corrected chi connectivity index (χ0v) is 14.7. The van der Waals surface area contributed by atoms with Crippen LogP contribution in [0.4, 0.5) is 0 Å². The number of fused-ring (bicyclic) bond motifs is 1. The highest BCUT2D eigenvalue weighted by Crippen LogP contribution is 2.33. The largest absolute Gasteiger partial charge is 0.479 e. The highest BCUT2D eigenvalue weighted by atomic mass is 16.4. The molecule has 1 aliphatic carbocycles. The number of hydrogen-bond acceptors (Lipinski definition) is 3. The molecule has 0 radical (unpaired) electrons. The Hall–Kier alpha value is -2.63. The molecule has 1 unspecified atom stereocenters. The van der Waals surface area contributed by atoms with Crippen molar-refractivity contribution in [3.05, 3.63) is 54.1 Å². The van der Waals surface area contributed by atoms with Crippen LogP contribution < -0.4 is 0 Å². The van der Waals surface area contributed by atoms with Gasteiger partial charge in [0.2, 0.25) is 5.91 Å². The summed E-state index contributed by atoms with van der Waals surface area (Å²) in [6.45, 7) is 0.947. The second kappa shape index (κ2) is 6.59. The van der Waals surface area contributed by atoms with E-state index in [-0.39, 0.29) is 11.8 Å². The van der Waals surface area contributed by atoms with E-state index in [0.717, 1.165) is 19.3 Å². The van der Waals surface area contributed by atoms with Crippen LogP contribution in [0.1, 0.15) is 30.4 Å². The third-order valence-corrected chi connectivity index (χ3v) is 6.00. The second-order valence-electron chi connectivity index (χ2n) is 7.34. The van der Waals surface area contributed by atoms with Gasteiger partial charge in [-0.15, -0.1) is 0 Å². The molecule has 2 aliphatic rings. The minimum Gasteiger partial charge on any atom is -0.479 e. The fourth-order valence-electron chi connectivity index (χ4n) is 4.36. The number of carboxylic acids is 1. The molecule has 2 aromatic rings. The number of carbonyl (C=O) groups excluding carboxylic acids is 1. The summed E-state index contributed by atoms with van der Waals surface area (Å²) < 4.78 is 1.67. The maximum Gasteiger partial charge on any atom is 0.330 e. The molecule has 1 atom stereocenters. The van der Waals surface area contributed by atoms with Crippen molar-refractivity contribution in [2.45, 2.75) is 37.6 Å². The quantitative estimate of drug-likeness (QED) is 0.917. The topological polar surface area (TPSA) is 75.4 Å². The van der Waals surface area contributed by atoms with Crippen LogP contribution in [0, 0.1) is 5.92 Å². The average Bonchev–Trinajstić information content (AvgIpc) is 3.22. The summed E-state index contributed by atoms with van der Waals surface area (Å²) in [5.41, 5.74) is 1.62. The van der Waals surface area contributed by atoms with Gasteiger partial charge in [0, 0.05) is 31.4 Å². The fourth-order valence-corrected chi connectivity index (χ4v) is 4.36. The summed E-state index contributed by atoms with van der Waals surface area (Å²) in [5, 5.41) is 9.79. The molecule has 1 aliphatic heterocycles. The minimum absolute atomic E-state index is 0.00970. The van der Waals surface area contributed by atoms with Gasteiger partial charge in [0.05, 0.1) is 6.33 Å². The van der Waals surface area contributed by atoms with Crippen molar-refractivity contribution in [2.24, 2.45) is 5.92 Å². The number of piperidine rings is 1. The molecule has 2 heterocycles. The molecule has 1 amide bonds. The monoisotopic (exact) mass is 353 g/mol. The summed E-state index contributed by atoms with van der Waals surface area (Å²) in [5.74, 6) is -0.672. The van der Waals surface area contributed by atoms with Crippen LogP contribution in [0.5, 0.6) is 0 Å². The number of amides is 1. The Balaban J connectivity index is 1.45. The molecule has 1 aromatic heterocycles. The molecule has 26 heavy (non-hydrogen) atoms. The number of imidazole rings is 1. The number of aryl methyl sites for hydroxylation is 1. The van der Waals surface area contributed by atoms with Crippen molar-refractivity contribution < 1.29 is 14.7 Å². The highest BCUT2D eigenvalue weighted by molar-refractivity contribution is 5.81. The molecule has 1 N–H and O–H groups in total. The summed E-state index contributed by atoms with van der Waals surface area (Å²) in [6, 6.07) is 8.33. The molecule has 0 saturated carbocycles. The number of aromatic nitrogens is 2. The van der Waals surface area contributed by atoms with Gasteiger partial charge in [-0.1, -0.05) is 24.3 Å². The van der Waals surface area contributed by atoms with Crippen LogP contribution in [-0.4, -0.2) is 44.5 Å². The van der Waals surface area contributed by atoms with Crippen molar-refractivity contribution in [1.29, 1.82) is 0 Å². The Bertz CT molecular complexity index is 807. The van der Waals surface area contributed by atoms with E-state index in [1.165, 1.54) is 11.1 Å². The van der Waals surface area contributed by atoms with Crippen LogP contribution in [0.3, 0.4) is 0 Å². The van der Waals surface area contributed by atoms with Crippen LogP contribution in [0.25, 0.3) is 0 Å². The van der Waals surface area contributed by atoms with E-state index in [2.05, 4.69) is 17.1 Å². The van der Waals surface area contributed by atoms with Crippen LogP contribution >= 0.6 is 0 Å². The third kappa shape index (κ3) is 2.79. The predicted octanol–water partition coefficient (Wildman–Crippen LogP) is 2.09. The molecular weight excluding hydrogens is 330 g/mol. The lowest BCUT2D eigenvalue weighted by atomic mass is 9.82. The first-order chi connectivity index (χ1) is 12.6. The summed E-state index contributed by atoms with van der Waals surface area (Å²) in [7, 11) is 0. The lowest BCUT2D eigenvalue weighted by Crippen LogP contribution is -2.53. The van der Waals surface area contributed by atoms with E-state index in [1.54, 1.807) is 23.3 Å². The van der Waals surface area contributed by atoms with E-state index < -0.39 is 11.5 Å². The Morgan fingerprint density at radius 2 is 1.88 bits per heavy atom. The Labute approximate surface area is 152 Å². The number of carboxylic acid groups (broad SMARTS) is 1. The van der Waals surface area contributed by atoms with E-state index in [0.29, 0.717) is 25.9 Å². The van der Waals surface area contributed by atoms with Gasteiger partial charge in [-0.05, 0) is 43.2 Å². The number of hydrogen-bond donors (Lipinski definition) is 1. The van der Waals surface area contributed by atoms with E-state index in [4.69, 9.17) is 0 Å². The van der Waals surface area contributed by atoms with Gasteiger partial charge in [-0.2, -0.15) is 0 Å². The maximum absolute atomic E-state index is 13.0. The maximum atomic E-state index is 13.0. The van der Waals surface area contributed by atoms with E-state index in [9.17, 15) is 14.7 Å². The van der Waals surface area contributed by atoms with Crippen molar-refractivity contribution in [3.8, 4) is 0 Å². The standard InChI is InChI=1S/C20H23N3O3/c24-18(17-6-5-15-3-1-2-4-16(15)13-17)22-10-7-20(8-11-22,19(25)26)23-12-9-21-14-23/h1-4,9,12,14,17H,5-8,10-11,13H2,(H,25,26). The van der Waals surface area contributed by atoms with Gasteiger partial charge in [-0.25, -0.2) is 9.78 Å². The number of nitrogens with zero attached hydrogens (tertiary/aromatic N) is 3. The van der Waals surface area contributed by atoms with Crippen molar-refractivity contribution in [1.82, 2.24) is 14.5 Å². The molecular formula is C20H23N3O3. The molecule has 0 spiro atoms. The van der Waals surface area contributed by atoms with Crippen LogP contribution in [0.2, 0.25) is 0 Å². The van der Waals surface area contributed by atoms with Gasteiger partial charge in [0.25, 0.3) is 0 Å². The molecule has 1 saturated heterocycles. The molecule has 136 valence electrons. The number of benzene rings is 1. The molecule has 1 aromatic carbocycles. The summed E-state index contributed by atoms with van der Waals surface area (Å²) >= 11 is 0. The third-order valence-electron chi connectivity index (χ3n) is 6.00. The highest BCUT2D eigenvalue weighted by Gasteiger charge is 2.44. The predicted molar refractivity (Wildman–Crippen MR) is 95.6 cm³/mol. The lowest BCUT2D eigenvalue weighted by Gasteiger charge is -2.41. The summed E-state index contributed by atoms with van der Waals surface area (Å²) in [4.78, 5) is 30.8. The van der Waals surface area contributed by atoms with Crippen molar-refractivity contribution >= 4 is 11.9 Å². The Kier molecular flexibility index (Phi) is 4.26. The molecule has 6 nitrogen and oxygen atoms in total. The van der Waals surface area contributed by atoms with Crippen LogP contribution in [0.15, 0.2) is 43.0 Å². The number of likely N-dealkylation sites (tertiary alicyclic amines) is 1. The first kappa shape index (κ1) is 16.8. The zero-order valence-electron chi connectivity index (χ0n) is 14.7. The fraction of sp³-hybridized carbons (Fsp3) is 0.450. The molecule has 4 rings (SSSR count). The van der Waals surface area contributed by atoms with Crippen molar-refractivity contribution in [2.75, 3.05) is 13.1 Å². The first-order valence-corrected chi connectivity index (χ1v) is 9.17. The first-order valence-electron chi connectivity index (χ1n) is 9.17. The average molecular weight is 353 g/mol. The molecule has 0 bridgehead atoms. The number of rotatable bonds is 3. The Morgan fingerprint density at radius 1 is 1.15 bits per heavy atom. The van der Waals surface area contributed by atoms with E-state index >= 15 is 0 Å². The SMILES string of the molecule is O=C(C1CCc2ccccc2C1)N1CCC(C(=O)O)(n2ccnc2)CC1. The zero-order chi connectivity index (χ0) is 18.1. The Morgan fingerprint density at radius 3 is 2.54 bits per heavy atom. The number of carbonyl (C=O) groups is 2. The van der Waals surface area contributed by atoms with Crippen LogP contribution in [-0.2, 0) is 28.0 Å². The van der Waals surface area contributed by atoms with Gasteiger partial charge in [0.1, 0.15) is 5.54 Å². The lowest BCUT2D eigenvalue weighted by molar-refractivity contribution is -0.153. The van der Waals surface area contributed by atoms with Gasteiger partial charge in [-0.3, -0.25) is 4.79 Å². The van der Waals surface area contributed by atoms with Gasteiger partial charge in [0.15, 0.2) is 0 Å². The van der Waals surface area contributed by atoms with Gasteiger partial charge >= 0.3 is 5.97 Å². The molecule has 6 heteroatoms. The van der Waals surface area contributed by atoms with Crippen molar-refractivity contribution in [3.63, 3.8) is 0 Å². The minimum atomic E-state index is -0.994. The second-order valence-corrected chi connectivity index (χ2v) is 7.34. The van der Waals surface area contributed by atoms with E-state index in [1.807, 2.05) is 17.0 Å². The van der Waals surface area contributed by atoms with Gasteiger partial charge < -0.3 is 14.6 Å². The summed E-state index contributed by atoms with van der Waals surface area (Å²) in [6.07, 6.45) is 8.28. The number of aliphatic carboxylic acids is 1. The molecule has 1 fully saturated rings. The smallest absolute Gasteiger partial charge is 0.330 e.